The van der Waals surface area contributed by atoms with Gasteiger partial charge in [0.2, 0.25) is 0 Å². The van der Waals surface area contributed by atoms with Crippen molar-refractivity contribution in [3.05, 3.63) is 35.9 Å². The smallest absolute Gasteiger partial charge is 0.00235 e. The Morgan fingerprint density at radius 2 is 1.89 bits per heavy atom. The Bertz CT molecular complexity index is 434. The lowest BCUT2D eigenvalue weighted by molar-refractivity contribution is 0.102. The van der Waals surface area contributed by atoms with Crippen molar-refractivity contribution >= 4 is 0 Å². The molecule has 102 valence electrons. The van der Waals surface area contributed by atoms with Gasteiger partial charge in [-0.2, -0.15) is 0 Å². The zero-order valence-electron chi connectivity index (χ0n) is 11.8. The first-order valence-electron chi connectivity index (χ1n) is 8.08. The van der Waals surface area contributed by atoms with E-state index in [1.165, 1.54) is 44.3 Å². The van der Waals surface area contributed by atoms with E-state index in [0.717, 1.165) is 17.8 Å². The van der Waals surface area contributed by atoms with Gasteiger partial charge in [0, 0.05) is 13.1 Å². The minimum absolute atomic E-state index is 0.580. The summed E-state index contributed by atoms with van der Waals surface area (Å²) < 4.78 is 0. The molecule has 0 amide bonds. The minimum atomic E-state index is 0.580. The van der Waals surface area contributed by atoms with E-state index in [2.05, 4.69) is 35.6 Å². The van der Waals surface area contributed by atoms with Crippen molar-refractivity contribution in [3.8, 4) is 0 Å². The number of fused-ring (bicyclic) bond motifs is 2. The van der Waals surface area contributed by atoms with Gasteiger partial charge in [0.25, 0.3) is 0 Å². The van der Waals surface area contributed by atoms with Crippen LogP contribution in [0.4, 0.5) is 0 Å². The maximum Gasteiger partial charge on any atom is 0.00235 e. The summed E-state index contributed by atoms with van der Waals surface area (Å²) in [5.41, 5.74) is 2.11. The molecule has 4 rings (SSSR count). The van der Waals surface area contributed by atoms with E-state index in [-0.39, 0.29) is 0 Å². The molecule has 2 aliphatic carbocycles. The fourth-order valence-electron chi connectivity index (χ4n) is 5.03. The van der Waals surface area contributed by atoms with Gasteiger partial charge in [-0.25, -0.2) is 0 Å². The Hall–Kier alpha value is -0.820. The van der Waals surface area contributed by atoms with Crippen molar-refractivity contribution in [2.45, 2.75) is 38.5 Å². The van der Waals surface area contributed by atoms with Crippen LogP contribution in [0.5, 0.6) is 0 Å². The Kier molecular flexibility index (Phi) is 2.91. The molecule has 0 aromatic heterocycles. The highest BCUT2D eigenvalue weighted by molar-refractivity contribution is 5.18. The Balaban J connectivity index is 1.45. The topological polar surface area (TPSA) is 12.0 Å². The molecule has 1 aromatic carbocycles. The predicted octanol–water partition coefficient (Wildman–Crippen LogP) is 3.65. The number of rotatable bonds is 4. The number of hydrogen-bond donors (Lipinski definition) is 1. The molecule has 1 saturated heterocycles. The van der Waals surface area contributed by atoms with Crippen LogP contribution < -0.4 is 5.32 Å². The molecule has 19 heavy (non-hydrogen) atoms. The molecule has 1 aliphatic heterocycles. The van der Waals surface area contributed by atoms with E-state index in [9.17, 15) is 0 Å². The summed E-state index contributed by atoms with van der Waals surface area (Å²) >= 11 is 0. The Morgan fingerprint density at radius 1 is 1.05 bits per heavy atom. The van der Waals surface area contributed by atoms with Gasteiger partial charge in [-0.3, -0.25) is 0 Å². The quantitative estimate of drug-likeness (QED) is 0.866. The molecule has 2 saturated carbocycles. The lowest BCUT2D eigenvalue weighted by Crippen LogP contribution is -2.55. The SMILES string of the molecule is c1ccc(CC2(CC3CC4CCC3C4)CNC2)cc1. The molecule has 1 N–H and O–H groups in total. The van der Waals surface area contributed by atoms with Gasteiger partial charge in [-0.1, -0.05) is 36.8 Å². The highest BCUT2D eigenvalue weighted by Gasteiger charge is 2.45. The van der Waals surface area contributed by atoms with Crippen LogP contribution in [0.25, 0.3) is 0 Å². The van der Waals surface area contributed by atoms with Crippen LogP contribution in [0.3, 0.4) is 0 Å². The second-order valence-corrected chi connectivity index (χ2v) is 7.40. The van der Waals surface area contributed by atoms with Crippen LogP contribution in [0.1, 0.15) is 37.7 Å². The third kappa shape index (κ3) is 2.23. The Morgan fingerprint density at radius 3 is 2.47 bits per heavy atom. The molecular formula is C18H25N. The van der Waals surface area contributed by atoms with E-state index in [0.29, 0.717) is 5.41 Å². The van der Waals surface area contributed by atoms with Crippen LogP contribution >= 0.6 is 0 Å². The number of hydrogen-bond acceptors (Lipinski definition) is 1. The van der Waals surface area contributed by atoms with Crippen molar-refractivity contribution in [1.29, 1.82) is 0 Å². The van der Waals surface area contributed by atoms with E-state index < -0.39 is 0 Å². The van der Waals surface area contributed by atoms with Gasteiger partial charge in [-0.15, -0.1) is 0 Å². The van der Waals surface area contributed by atoms with Crippen LogP contribution in [-0.4, -0.2) is 13.1 Å². The van der Waals surface area contributed by atoms with Gasteiger partial charge in [0.05, 0.1) is 0 Å². The summed E-state index contributed by atoms with van der Waals surface area (Å²) in [6.45, 7) is 2.49. The van der Waals surface area contributed by atoms with Crippen LogP contribution in [0, 0.1) is 23.2 Å². The van der Waals surface area contributed by atoms with Crippen LogP contribution in [0.15, 0.2) is 30.3 Å². The molecule has 0 radical (unpaired) electrons. The highest BCUT2D eigenvalue weighted by Crippen LogP contribution is 2.52. The zero-order valence-corrected chi connectivity index (χ0v) is 11.8. The van der Waals surface area contributed by atoms with Gasteiger partial charge in [0.1, 0.15) is 0 Å². The molecule has 1 nitrogen and oxygen atoms in total. The second-order valence-electron chi connectivity index (χ2n) is 7.40. The van der Waals surface area contributed by atoms with E-state index in [1.807, 2.05) is 0 Å². The summed E-state index contributed by atoms with van der Waals surface area (Å²) in [4.78, 5) is 0. The van der Waals surface area contributed by atoms with E-state index in [4.69, 9.17) is 0 Å². The van der Waals surface area contributed by atoms with Gasteiger partial charge >= 0.3 is 0 Å². The summed E-state index contributed by atoms with van der Waals surface area (Å²) in [7, 11) is 0. The molecule has 3 aliphatic rings. The lowest BCUT2D eigenvalue weighted by atomic mass is 9.67. The first-order chi connectivity index (χ1) is 9.33. The maximum absolute atomic E-state index is 3.54. The second kappa shape index (κ2) is 4.63. The van der Waals surface area contributed by atoms with Crippen molar-refractivity contribution in [2.24, 2.45) is 23.2 Å². The first kappa shape index (κ1) is 12.0. The van der Waals surface area contributed by atoms with Crippen molar-refractivity contribution in [3.63, 3.8) is 0 Å². The zero-order chi connectivity index (χ0) is 12.7. The predicted molar refractivity (Wildman–Crippen MR) is 79.0 cm³/mol. The third-order valence-corrected chi connectivity index (χ3v) is 6.00. The monoisotopic (exact) mass is 255 g/mol. The van der Waals surface area contributed by atoms with Crippen molar-refractivity contribution in [2.75, 3.05) is 13.1 Å². The highest BCUT2D eigenvalue weighted by atomic mass is 15.0. The summed E-state index contributed by atoms with van der Waals surface area (Å²) in [6, 6.07) is 11.1. The summed E-state index contributed by atoms with van der Waals surface area (Å²) in [5, 5.41) is 3.54. The van der Waals surface area contributed by atoms with Crippen molar-refractivity contribution < 1.29 is 0 Å². The minimum Gasteiger partial charge on any atom is -0.316 e. The summed E-state index contributed by atoms with van der Waals surface area (Å²) in [5.74, 6) is 3.22. The molecule has 0 spiro atoms. The average Bonchev–Trinajstić information content (AvgIpc) is 2.99. The molecule has 3 atom stereocenters. The normalized spacial score (nSPS) is 35.3. The molecule has 1 aromatic rings. The molecule has 1 heterocycles. The molecular weight excluding hydrogens is 230 g/mol. The van der Waals surface area contributed by atoms with E-state index in [1.54, 1.807) is 12.8 Å². The molecule has 3 fully saturated rings. The fourth-order valence-corrected chi connectivity index (χ4v) is 5.03. The first-order valence-corrected chi connectivity index (χ1v) is 8.08. The molecule has 1 heteroatoms. The molecule has 2 bridgehead atoms. The third-order valence-electron chi connectivity index (χ3n) is 6.00. The standard InChI is InChI=1S/C18H25N/c1-2-4-14(5-3-1)10-18(12-19-13-18)11-17-9-15-6-7-16(17)8-15/h1-5,15-17,19H,6-13H2. The number of nitrogens with one attached hydrogen (secondary N) is 1. The molecule has 3 unspecified atom stereocenters. The van der Waals surface area contributed by atoms with Gasteiger partial charge in [-0.05, 0) is 60.8 Å². The van der Waals surface area contributed by atoms with Gasteiger partial charge in [0.15, 0.2) is 0 Å². The maximum atomic E-state index is 3.54. The largest absolute Gasteiger partial charge is 0.316 e. The number of benzene rings is 1. The lowest BCUT2D eigenvalue weighted by Gasteiger charge is -2.46. The van der Waals surface area contributed by atoms with Crippen LogP contribution in [0.2, 0.25) is 0 Å². The fraction of sp³-hybridized carbons (Fsp3) is 0.667. The van der Waals surface area contributed by atoms with E-state index >= 15 is 0 Å². The Labute approximate surface area is 116 Å². The van der Waals surface area contributed by atoms with Crippen molar-refractivity contribution in [1.82, 2.24) is 5.32 Å². The van der Waals surface area contributed by atoms with Crippen LogP contribution in [-0.2, 0) is 6.42 Å². The average molecular weight is 255 g/mol. The summed E-state index contributed by atoms with van der Waals surface area (Å²) in [6.07, 6.45) is 8.93. The van der Waals surface area contributed by atoms with Gasteiger partial charge < -0.3 is 5.32 Å².